The van der Waals surface area contributed by atoms with Gasteiger partial charge in [-0.05, 0) is 141 Å². The SMILES string of the molecule is CC(C)c1ccccc1C1CN(Cc2ccc(S(C)(=O)=O)cc2)CCN1C1CC2(CCN(c3ccc(C(=O)NS(=O)(=O)c4ccc(NC[C@H]5CC[C@](C)(O)CC5)c([N+](=O)[O-])c4)c(Oc4cnc5[nH]ccc5c4)c3)CC2)C1. The molecular formula is C57H68N8O9S2. The molecule has 1 amide bonds. The number of aliphatic hydroxyl groups is 1. The molecular weight excluding hydrogens is 1000 g/mol. The van der Waals surface area contributed by atoms with Crippen LogP contribution < -0.4 is 19.7 Å². The standard InChI is InChI=1S/C57H68N8O9S2/c1-38(2)47-7-5-6-8-48(47)52-37-62(36-40-9-12-45(13-10-40)75(4,70)71)27-28-64(52)43-32-57(33-43)22-25-63(26-23-57)42-11-15-49(53(30-42)74-44-29-41-19-24-58-54(41)60-35-44)55(66)61-76(72,73)46-14-16-50(51(31-46)65(68)69)59-34-39-17-20-56(3,67)21-18-39/h5-16,19,24,29-31,35,38-39,43,52,59,67H,17-18,20-23,25-28,32-34,36-37H2,1-4H3,(H,58,60)(H,61,66)/t39-,52?,56-. The van der Waals surface area contributed by atoms with Crippen molar-refractivity contribution in [2.24, 2.45) is 11.3 Å². The summed E-state index contributed by atoms with van der Waals surface area (Å²) in [5.74, 6) is 0.0580. The van der Waals surface area contributed by atoms with Gasteiger partial charge in [0.2, 0.25) is 0 Å². The minimum absolute atomic E-state index is 0.0467. The molecule has 19 heteroatoms. The van der Waals surface area contributed by atoms with Crippen LogP contribution in [0.4, 0.5) is 17.1 Å². The van der Waals surface area contributed by atoms with E-state index in [1.54, 1.807) is 42.6 Å². The van der Waals surface area contributed by atoms with E-state index in [1.165, 1.54) is 35.7 Å². The molecule has 2 aromatic heterocycles. The molecule has 4 N–H and O–H groups in total. The molecule has 76 heavy (non-hydrogen) atoms. The molecule has 2 saturated heterocycles. The molecule has 0 bridgehead atoms. The van der Waals surface area contributed by atoms with E-state index < -0.39 is 46.9 Å². The van der Waals surface area contributed by atoms with Gasteiger partial charge in [-0.2, -0.15) is 0 Å². The number of anilines is 2. The van der Waals surface area contributed by atoms with Crippen molar-refractivity contribution < 1.29 is 36.4 Å². The van der Waals surface area contributed by atoms with Gasteiger partial charge in [0.1, 0.15) is 22.8 Å². The highest BCUT2D eigenvalue weighted by Crippen LogP contribution is 2.53. The van der Waals surface area contributed by atoms with E-state index in [0.717, 1.165) is 100 Å². The zero-order valence-electron chi connectivity index (χ0n) is 43.6. The second-order valence-corrected chi connectivity index (χ2v) is 26.0. The van der Waals surface area contributed by atoms with E-state index in [-0.39, 0.29) is 34.4 Å². The van der Waals surface area contributed by atoms with Crippen molar-refractivity contribution in [2.45, 2.75) is 112 Å². The van der Waals surface area contributed by atoms with Crippen molar-refractivity contribution in [3.8, 4) is 11.5 Å². The van der Waals surface area contributed by atoms with Gasteiger partial charge in [-0.25, -0.2) is 26.5 Å². The molecule has 17 nitrogen and oxygen atoms in total. The van der Waals surface area contributed by atoms with Gasteiger partial charge in [-0.3, -0.25) is 24.7 Å². The van der Waals surface area contributed by atoms with Gasteiger partial charge in [0, 0.05) is 93.6 Å². The Labute approximate surface area is 445 Å². The van der Waals surface area contributed by atoms with Crippen LogP contribution in [0, 0.1) is 21.4 Å². The molecule has 4 fully saturated rings. The average Bonchev–Trinajstić information content (AvgIpc) is 3.86. The van der Waals surface area contributed by atoms with Crippen LogP contribution in [0.25, 0.3) is 11.0 Å². The van der Waals surface area contributed by atoms with Crippen molar-refractivity contribution in [1.82, 2.24) is 24.5 Å². The first kappa shape index (κ1) is 53.0. The van der Waals surface area contributed by atoms with Crippen molar-refractivity contribution in [3.05, 3.63) is 142 Å². The number of pyridine rings is 1. The summed E-state index contributed by atoms with van der Waals surface area (Å²) in [5.41, 5.74) is 4.44. The molecule has 1 unspecified atom stereocenters. The highest BCUT2D eigenvalue weighted by atomic mass is 32.2. The average molecular weight is 1070 g/mol. The highest BCUT2D eigenvalue weighted by Gasteiger charge is 2.50. The fourth-order valence-corrected chi connectivity index (χ4v) is 13.6. The molecule has 1 spiro atoms. The van der Waals surface area contributed by atoms with Crippen LogP contribution in [0.15, 0.2) is 119 Å². The van der Waals surface area contributed by atoms with Gasteiger partial charge >= 0.3 is 0 Å². The van der Waals surface area contributed by atoms with Gasteiger partial charge < -0.3 is 25.0 Å². The number of nitrogens with zero attached hydrogens (tertiary/aromatic N) is 5. The molecule has 6 aromatic rings. The van der Waals surface area contributed by atoms with Gasteiger partial charge in [0.15, 0.2) is 9.84 Å². The van der Waals surface area contributed by atoms with Gasteiger partial charge in [-0.1, -0.05) is 50.2 Å². The minimum Gasteiger partial charge on any atom is -0.455 e. The third kappa shape index (κ3) is 11.6. The number of rotatable bonds is 16. The lowest BCUT2D eigenvalue weighted by atomic mass is 9.59. The maximum Gasteiger partial charge on any atom is 0.293 e. The summed E-state index contributed by atoms with van der Waals surface area (Å²) in [6.45, 7) is 11.8. The fourth-order valence-electron chi connectivity index (χ4n) is 12.0. The molecule has 2 aliphatic heterocycles. The quantitative estimate of drug-likeness (QED) is 0.0524. The minimum atomic E-state index is -4.60. The fraction of sp³-hybridized carbons (Fsp3) is 0.439. The van der Waals surface area contributed by atoms with Crippen molar-refractivity contribution in [2.75, 3.05) is 55.7 Å². The maximum atomic E-state index is 14.1. The third-order valence-corrected chi connectivity index (χ3v) is 19.0. The van der Waals surface area contributed by atoms with E-state index in [0.29, 0.717) is 47.6 Å². The second kappa shape index (κ2) is 21.2. The Morgan fingerprint density at radius 3 is 2.34 bits per heavy atom. The molecule has 402 valence electrons. The predicted octanol–water partition coefficient (Wildman–Crippen LogP) is 9.57. The maximum absolute atomic E-state index is 14.1. The van der Waals surface area contributed by atoms with E-state index in [4.69, 9.17) is 4.74 Å². The number of nitro groups is 1. The number of sulfone groups is 1. The number of hydrogen-bond acceptors (Lipinski definition) is 14. The summed E-state index contributed by atoms with van der Waals surface area (Å²) >= 11 is 0. The summed E-state index contributed by atoms with van der Waals surface area (Å²) in [6.07, 6.45) is 11.4. The normalized spacial score (nSPS) is 21.6. The number of carbonyl (C=O) groups is 1. The van der Waals surface area contributed by atoms with Crippen LogP contribution in [-0.2, 0) is 26.4 Å². The topological polar surface area (TPSA) is 220 Å². The summed E-state index contributed by atoms with van der Waals surface area (Å²) in [5, 5.41) is 26.5. The lowest BCUT2D eigenvalue weighted by Gasteiger charge is -2.58. The third-order valence-electron chi connectivity index (χ3n) is 16.5. The molecule has 0 radical (unpaired) electrons. The van der Waals surface area contributed by atoms with Crippen LogP contribution in [-0.4, -0.2) is 110 Å². The summed E-state index contributed by atoms with van der Waals surface area (Å²) < 4.78 is 60.5. The number of aromatic nitrogens is 2. The zero-order valence-corrected chi connectivity index (χ0v) is 45.2. The lowest BCUT2D eigenvalue weighted by Crippen LogP contribution is -2.60. The van der Waals surface area contributed by atoms with E-state index in [9.17, 15) is 36.9 Å². The van der Waals surface area contributed by atoms with Crippen molar-refractivity contribution >= 4 is 53.9 Å². The number of H-pyrrole nitrogens is 1. The Morgan fingerprint density at radius 1 is 0.908 bits per heavy atom. The lowest BCUT2D eigenvalue weighted by molar-refractivity contribution is -0.384. The van der Waals surface area contributed by atoms with Crippen LogP contribution in [0.2, 0.25) is 0 Å². The van der Waals surface area contributed by atoms with Crippen molar-refractivity contribution in [1.29, 1.82) is 0 Å². The van der Waals surface area contributed by atoms with Gasteiger partial charge in [0.25, 0.3) is 21.6 Å². The predicted molar refractivity (Wildman–Crippen MR) is 293 cm³/mol. The molecule has 2 aliphatic carbocycles. The number of nitro benzene ring substituents is 1. The number of amides is 1. The zero-order chi connectivity index (χ0) is 53.6. The highest BCUT2D eigenvalue weighted by molar-refractivity contribution is 7.90. The number of aromatic amines is 1. The molecule has 4 aromatic carbocycles. The number of nitrogens with one attached hydrogen (secondary N) is 3. The molecule has 2 saturated carbocycles. The monoisotopic (exact) mass is 1070 g/mol. The number of sulfonamides is 1. The van der Waals surface area contributed by atoms with Crippen LogP contribution in [0.3, 0.4) is 0 Å². The summed E-state index contributed by atoms with van der Waals surface area (Å²) in [6, 6.07) is 29.0. The first-order valence-corrected chi connectivity index (χ1v) is 29.8. The smallest absolute Gasteiger partial charge is 0.293 e. The Hall–Kier alpha value is -6.38. The molecule has 1 atom stereocenters. The number of piperidine rings is 1. The number of fused-ring (bicyclic) bond motifs is 1. The van der Waals surface area contributed by atoms with E-state index in [1.807, 2.05) is 25.1 Å². The first-order valence-electron chi connectivity index (χ1n) is 26.4. The molecule has 10 rings (SSSR count). The molecule has 4 heterocycles. The Balaban J connectivity index is 0.828. The first-order chi connectivity index (χ1) is 36.2. The summed E-state index contributed by atoms with van der Waals surface area (Å²) in [4.78, 5) is 40.6. The summed E-state index contributed by atoms with van der Waals surface area (Å²) in [7, 11) is -7.88. The van der Waals surface area contributed by atoms with Crippen LogP contribution >= 0.6 is 0 Å². The van der Waals surface area contributed by atoms with Crippen molar-refractivity contribution in [3.63, 3.8) is 0 Å². The Bertz CT molecular complexity index is 3340. The van der Waals surface area contributed by atoms with Crippen LogP contribution in [0.5, 0.6) is 11.5 Å². The second-order valence-electron chi connectivity index (χ2n) is 22.3. The number of carbonyl (C=O) groups excluding carboxylic acids is 1. The van der Waals surface area contributed by atoms with E-state index in [2.05, 4.69) is 72.8 Å². The molecule has 4 aliphatic rings. The Kier molecular flexibility index (Phi) is 14.8. The largest absolute Gasteiger partial charge is 0.455 e. The number of benzene rings is 4. The van der Waals surface area contributed by atoms with Gasteiger partial charge in [0.05, 0.1) is 32.1 Å². The van der Waals surface area contributed by atoms with Crippen LogP contribution in [0.1, 0.15) is 111 Å². The number of hydrogen-bond donors (Lipinski definition) is 4. The van der Waals surface area contributed by atoms with Gasteiger partial charge in [-0.15, -0.1) is 0 Å². The number of piperazine rings is 1. The number of ether oxygens (including phenoxy) is 1. The Morgan fingerprint density at radius 2 is 1.63 bits per heavy atom. The van der Waals surface area contributed by atoms with E-state index >= 15 is 0 Å².